The van der Waals surface area contributed by atoms with Crippen molar-refractivity contribution in [3.05, 3.63) is 0 Å². The molecule has 0 radical (unpaired) electrons. The first kappa shape index (κ1) is 14.8. The first-order valence-corrected chi connectivity index (χ1v) is 7.60. The Kier molecular flexibility index (Phi) is 4.51. The molecule has 19 heavy (non-hydrogen) atoms. The van der Waals surface area contributed by atoms with Gasteiger partial charge in [-0.3, -0.25) is 10.1 Å². The predicted molar refractivity (Wildman–Crippen MR) is 75.7 cm³/mol. The monoisotopic (exact) mass is 268 g/mol. The second-order valence-electron chi connectivity index (χ2n) is 6.45. The molecule has 1 aliphatic carbocycles. The van der Waals surface area contributed by atoms with Crippen molar-refractivity contribution in [3.63, 3.8) is 0 Å². The van der Waals surface area contributed by atoms with Gasteiger partial charge in [-0.2, -0.15) is 0 Å². The minimum absolute atomic E-state index is 0.000931. The molecular formula is C15H28N2O2. The summed E-state index contributed by atoms with van der Waals surface area (Å²) in [5, 5.41) is 3.56. The van der Waals surface area contributed by atoms with Crippen LogP contribution < -0.4 is 5.32 Å². The van der Waals surface area contributed by atoms with Crippen LogP contribution in [0.15, 0.2) is 0 Å². The largest absolute Gasteiger partial charge is 0.381 e. The molecule has 1 heterocycles. The van der Waals surface area contributed by atoms with Crippen molar-refractivity contribution in [2.75, 3.05) is 7.11 Å². The summed E-state index contributed by atoms with van der Waals surface area (Å²) in [6.07, 6.45) is 3.54. The maximum absolute atomic E-state index is 12.7. The minimum Gasteiger partial charge on any atom is -0.381 e. The molecule has 2 aliphatic rings. The summed E-state index contributed by atoms with van der Waals surface area (Å²) in [7, 11) is 1.76. The number of methoxy groups -OCH3 is 1. The van der Waals surface area contributed by atoms with Crippen LogP contribution in [0.25, 0.3) is 0 Å². The van der Waals surface area contributed by atoms with E-state index in [1.807, 2.05) is 0 Å². The van der Waals surface area contributed by atoms with E-state index in [1.165, 1.54) is 0 Å². The molecular weight excluding hydrogens is 240 g/mol. The number of carbonyl (C=O) groups is 1. The normalized spacial score (nSPS) is 36.7. The van der Waals surface area contributed by atoms with Gasteiger partial charge in [0.05, 0.1) is 18.3 Å². The van der Waals surface area contributed by atoms with Gasteiger partial charge in [-0.1, -0.05) is 34.1 Å². The Morgan fingerprint density at radius 2 is 2.00 bits per heavy atom. The third-order valence-corrected chi connectivity index (χ3v) is 4.81. The number of nitrogens with zero attached hydrogens (tertiary/aromatic N) is 1. The molecule has 2 fully saturated rings. The van der Waals surface area contributed by atoms with E-state index in [4.69, 9.17) is 4.74 Å². The lowest BCUT2D eigenvalue weighted by atomic mass is 9.86. The summed E-state index contributed by atoms with van der Waals surface area (Å²) in [5.74, 6) is 1.14. The molecule has 1 amide bonds. The van der Waals surface area contributed by atoms with Gasteiger partial charge in [-0.25, -0.2) is 0 Å². The Balaban J connectivity index is 2.08. The minimum atomic E-state index is -0.000931. The summed E-state index contributed by atoms with van der Waals surface area (Å²) in [4.78, 5) is 14.8. The SMILES string of the molecule is CCC(C)C1NC(C(C)C)N(C2CC(OC)C2)C1=O. The smallest absolute Gasteiger partial charge is 0.241 e. The lowest BCUT2D eigenvalue weighted by Gasteiger charge is -2.43. The predicted octanol–water partition coefficient (Wildman–Crippen LogP) is 1.99. The Morgan fingerprint density at radius 1 is 1.37 bits per heavy atom. The van der Waals surface area contributed by atoms with Crippen LogP contribution in [0.5, 0.6) is 0 Å². The van der Waals surface area contributed by atoms with Gasteiger partial charge in [0.2, 0.25) is 5.91 Å². The number of hydrogen-bond acceptors (Lipinski definition) is 3. The van der Waals surface area contributed by atoms with Gasteiger partial charge in [0.15, 0.2) is 0 Å². The first-order chi connectivity index (χ1) is 8.99. The van der Waals surface area contributed by atoms with Crippen LogP contribution in [0.4, 0.5) is 0 Å². The highest BCUT2D eigenvalue weighted by Gasteiger charge is 2.48. The van der Waals surface area contributed by atoms with Gasteiger partial charge in [-0.15, -0.1) is 0 Å². The fourth-order valence-electron chi connectivity index (χ4n) is 3.15. The number of nitrogens with one attached hydrogen (secondary N) is 1. The van der Waals surface area contributed by atoms with Crippen LogP contribution >= 0.6 is 0 Å². The van der Waals surface area contributed by atoms with Gasteiger partial charge >= 0.3 is 0 Å². The Bertz CT molecular complexity index is 326. The second kappa shape index (κ2) is 5.80. The highest BCUT2D eigenvalue weighted by molar-refractivity contribution is 5.85. The first-order valence-electron chi connectivity index (χ1n) is 7.60. The molecule has 0 bridgehead atoms. The molecule has 1 saturated carbocycles. The van der Waals surface area contributed by atoms with Gasteiger partial charge < -0.3 is 9.64 Å². The van der Waals surface area contributed by atoms with Crippen LogP contribution in [-0.4, -0.2) is 42.3 Å². The zero-order valence-corrected chi connectivity index (χ0v) is 12.8. The Morgan fingerprint density at radius 3 is 2.47 bits per heavy atom. The van der Waals surface area contributed by atoms with Crippen LogP contribution in [0, 0.1) is 11.8 Å². The van der Waals surface area contributed by atoms with E-state index in [0.29, 0.717) is 29.9 Å². The van der Waals surface area contributed by atoms with Crippen molar-refractivity contribution in [1.29, 1.82) is 0 Å². The number of carbonyl (C=O) groups excluding carboxylic acids is 1. The standard InChI is InChI=1S/C15H28N2O2/c1-6-10(4)13-15(18)17(14(16-13)9(2)3)11-7-12(8-11)19-5/h9-14,16H,6-8H2,1-5H3. The molecule has 2 rings (SSSR count). The lowest BCUT2D eigenvalue weighted by molar-refractivity contribution is -0.139. The number of rotatable bonds is 5. The summed E-state index contributed by atoms with van der Waals surface area (Å²) in [6.45, 7) is 8.68. The zero-order chi connectivity index (χ0) is 14.2. The van der Waals surface area contributed by atoms with Crippen molar-refractivity contribution in [2.24, 2.45) is 11.8 Å². The van der Waals surface area contributed by atoms with Crippen LogP contribution in [0.3, 0.4) is 0 Å². The van der Waals surface area contributed by atoms with Crippen LogP contribution in [-0.2, 0) is 9.53 Å². The fraction of sp³-hybridized carbons (Fsp3) is 0.933. The third-order valence-electron chi connectivity index (χ3n) is 4.81. The molecule has 0 aromatic rings. The summed E-state index contributed by atoms with van der Waals surface area (Å²) >= 11 is 0. The Hall–Kier alpha value is -0.610. The summed E-state index contributed by atoms with van der Waals surface area (Å²) in [5.41, 5.74) is 0. The average Bonchev–Trinajstić information content (AvgIpc) is 2.66. The van der Waals surface area contributed by atoms with Crippen LogP contribution in [0.2, 0.25) is 0 Å². The molecule has 0 aromatic heterocycles. The van der Waals surface area contributed by atoms with Crippen molar-refractivity contribution in [1.82, 2.24) is 10.2 Å². The average molecular weight is 268 g/mol. The van der Waals surface area contributed by atoms with E-state index < -0.39 is 0 Å². The van der Waals surface area contributed by atoms with Crippen molar-refractivity contribution in [2.45, 2.75) is 71.3 Å². The maximum atomic E-state index is 12.7. The molecule has 3 unspecified atom stereocenters. The topological polar surface area (TPSA) is 41.6 Å². The summed E-state index contributed by atoms with van der Waals surface area (Å²) < 4.78 is 5.34. The maximum Gasteiger partial charge on any atom is 0.241 e. The second-order valence-corrected chi connectivity index (χ2v) is 6.45. The van der Waals surface area contributed by atoms with E-state index in [-0.39, 0.29) is 12.2 Å². The van der Waals surface area contributed by atoms with E-state index in [0.717, 1.165) is 19.3 Å². The molecule has 1 saturated heterocycles. The third kappa shape index (κ3) is 2.65. The Labute approximate surface area is 116 Å². The molecule has 1 N–H and O–H groups in total. The van der Waals surface area contributed by atoms with E-state index in [1.54, 1.807) is 7.11 Å². The lowest BCUT2D eigenvalue weighted by Crippen LogP contribution is -2.54. The molecule has 0 spiro atoms. The van der Waals surface area contributed by atoms with E-state index in [2.05, 4.69) is 37.9 Å². The molecule has 0 aromatic carbocycles. The molecule has 4 nitrogen and oxygen atoms in total. The van der Waals surface area contributed by atoms with Crippen molar-refractivity contribution < 1.29 is 9.53 Å². The van der Waals surface area contributed by atoms with Crippen molar-refractivity contribution in [3.8, 4) is 0 Å². The van der Waals surface area contributed by atoms with Gasteiger partial charge in [0, 0.05) is 13.2 Å². The van der Waals surface area contributed by atoms with E-state index in [9.17, 15) is 4.79 Å². The fourth-order valence-corrected chi connectivity index (χ4v) is 3.15. The highest BCUT2D eigenvalue weighted by atomic mass is 16.5. The molecule has 110 valence electrons. The van der Waals surface area contributed by atoms with Crippen LogP contribution in [0.1, 0.15) is 47.0 Å². The number of hydrogen-bond donors (Lipinski definition) is 1. The zero-order valence-electron chi connectivity index (χ0n) is 12.8. The van der Waals surface area contributed by atoms with E-state index >= 15 is 0 Å². The van der Waals surface area contributed by atoms with Gasteiger partial charge in [0.1, 0.15) is 0 Å². The van der Waals surface area contributed by atoms with Crippen molar-refractivity contribution >= 4 is 5.91 Å². The molecule has 4 heteroatoms. The number of ether oxygens (including phenoxy) is 1. The van der Waals surface area contributed by atoms with Gasteiger partial charge in [-0.05, 0) is 24.7 Å². The molecule has 1 aliphatic heterocycles. The molecule has 3 atom stereocenters. The summed E-state index contributed by atoms with van der Waals surface area (Å²) in [6, 6.07) is 0.366. The highest BCUT2D eigenvalue weighted by Crippen LogP contribution is 2.34. The van der Waals surface area contributed by atoms with Gasteiger partial charge in [0.25, 0.3) is 0 Å². The quantitative estimate of drug-likeness (QED) is 0.829. The number of amides is 1.